The fourth-order valence-corrected chi connectivity index (χ4v) is 5.15. The number of benzene rings is 2. The summed E-state index contributed by atoms with van der Waals surface area (Å²) in [6.45, 7) is 0.969. The number of piperidine rings is 1. The standard InChI is InChI=1S/C23H26N2O6S/c1-30-20-11-9-17(15-21(20)32(28,29)25-13-4-3-5-14-25)10-12-22(26)24-19-8-6-7-18(16-19)23(27)31-2/h6-12,15-16H,3-5,13-14H2,1-2H3,(H,24,26)/b12-10+. The van der Waals surface area contributed by atoms with Gasteiger partial charge in [-0.05, 0) is 54.8 Å². The van der Waals surface area contributed by atoms with Crippen molar-refractivity contribution in [1.29, 1.82) is 0 Å². The number of esters is 1. The van der Waals surface area contributed by atoms with Gasteiger partial charge in [-0.1, -0.05) is 18.6 Å². The zero-order chi connectivity index (χ0) is 23.1. The number of anilines is 1. The highest BCUT2D eigenvalue weighted by molar-refractivity contribution is 7.89. The van der Waals surface area contributed by atoms with E-state index in [0.29, 0.717) is 29.9 Å². The molecule has 1 aliphatic heterocycles. The van der Waals surface area contributed by atoms with Gasteiger partial charge in [0.25, 0.3) is 0 Å². The van der Waals surface area contributed by atoms with E-state index < -0.39 is 21.9 Å². The molecule has 1 heterocycles. The van der Waals surface area contributed by atoms with Crippen LogP contribution in [0, 0.1) is 0 Å². The van der Waals surface area contributed by atoms with E-state index in [2.05, 4.69) is 10.1 Å². The van der Waals surface area contributed by atoms with Gasteiger partial charge < -0.3 is 14.8 Å². The smallest absolute Gasteiger partial charge is 0.337 e. The number of rotatable bonds is 7. The highest BCUT2D eigenvalue weighted by Crippen LogP contribution is 2.30. The minimum absolute atomic E-state index is 0.0789. The number of methoxy groups -OCH3 is 2. The third-order valence-electron chi connectivity index (χ3n) is 5.10. The monoisotopic (exact) mass is 458 g/mol. The number of carbonyl (C=O) groups excluding carboxylic acids is 2. The molecule has 2 aromatic rings. The predicted octanol–water partition coefficient (Wildman–Crippen LogP) is 3.31. The summed E-state index contributed by atoms with van der Waals surface area (Å²) in [5.41, 5.74) is 1.29. The average molecular weight is 459 g/mol. The molecule has 0 spiro atoms. The van der Waals surface area contributed by atoms with E-state index in [0.717, 1.165) is 19.3 Å². The fourth-order valence-electron chi connectivity index (χ4n) is 3.44. The maximum atomic E-state index is 13.1. The molecule has 0 aromatic heterocycles. The van der Waals surface area contributed by atoms with Crippen molar-refractivity contribution in [2.24, 2.45) is 0 Å². The van der Waals surface area contributed by atoms with Gasteiger partial charge in [0.1, 0.15) is 10.6 Å². The first-order valence-corrected chi connectivity index (χ1v) is 11.6. The molecule has 0 aliphatic carbocycles. The largest absolute Gasteiger partial charge is 0.495 e. The second-order valence-electron chi connectivity index (χ2n) is 7.27. The summed E-state index contributed by atoms with van der Waals surface area (Å²) in [6.07, 6.45) is 5.50. The maximum absolute atomic E-state index is 13.1. The number of hydrogen-bond donors (Lipinski definition) is 1. The van der Waals surface area contributed by atoms with E-state index in [1.165, 1.54) is 42.8 Å². The molecule has 2 aromatic carbocycles. The summed E-state index contributed by atoms with van der Waals surface area (Å²) in [7, 11) is -0.991. The Hall–Kier alpha value is -3.17. The van der Waals surface area contributed by atoms with Crippen LogP contribution in [-0.2, 0) is 19.6 Å². The SMILES string of the molecule is COC(=O)c1cccc(NC(=O)/C=C/c2ccc(OC)c(S(=O)(=O)N3CCCCC3)c2)c1. The normalized spacial score (nSPS) is 14.8. The third-order valence-corrected chi connectivity index (χ3v) is 7.02. The Labute approximate surface area is 187 Å². The Morgan fingerprint density at radius 2 is 1.78 bits per heavy atom. The third kappa shape index (κ3) is 5.54. The van der Waals surface area contributed by atoms with Crippen molar-refractivity contribution in [2.45, 2.75) is 24.2 Å². The highest BCUT2D eigenvalue weighted by atomic mass is 32.2. The van der Waals surface area contributed by atoms with Crippen LogP contribution in [0.4, 0.5) is 5.69 Å². The highest BCUT2D eigenvalue weighted by Gasteiger charge is 2.29. The van der Waals surface area contributed by atoms with Gasteiger partial charge in [0.2, 0.25) is 15.9 Å². The van der Waals surface area contributed by atoms with E-state index in [-0.39, 0.29) is 10.6 Å². The van der Waals surface area contributed by atoms with Gasteiger partial charge in [0.15, 0.2) is 0 Å². The van der Waals surface area contributed by atoms with E-state index >= 15 is 0 Å². The molecule has 1 aliphatic rings. The van der Waals surface area contributed by atoms with Crippen LogP contribution < -0.4 is 10.1 Å². The summed E-state index contributed by atoms with van der Waals surface area (Å²) in [6, 6.07) is 11.1. The van der Waals surface area contributed by atoms with Gasteiger partial charge >= 0.3 is 5.97 Å². The molecule has 9 heteroatoms. The lowest BCUT2D eigenvalue weighted by molar-refractivity contribution is -0.111. The first kappa shape index (κ1) is 23.5. The van der Waals surface area contributed by atoms with E-state index in [9.17, 15) is 18.0 Å². The number of nitrogens with zero attached hydrogens (tertiary/aromatic N) is 1. The lowest BCUT2D eigenvalue weighted by atomic mass is 10.2. The van der Waals surface area contributed by atoms with Crippen molar-refractivity contribution in [3.63, 3.8) is 0 Å². The van der Waals surface area contributed by atoms with Crippen LogP contribution in [0.1, 0.15) is 35.2 Å². The van der Waals surface area contributed by atoms with Crippen molar-refractivity contribution < 1.29 is 27.5 Å². The quantitative estimate of drug-likeness (QED) is 0.505. The van der Waals surface area contributed by atoms with Crippen LogP contribution >= 0.6 is 0 Å². The Morgan fingerprint density at radius 3 is 2.47 bits per heavy atom. The number of hydrogen-bond acceptors (Lipinski definition) is 6. The van der Waals surface area contributed by atoms with E-state index in [4.69, 9.17) is 4.74 Å². The van der Waals surface area contributed by atoms with Gasteiger partial charge in [-0.2, -0.15) is 4.31 Å². The topological polar surface area (TPSA) is 102 Å². The second kappa shape index (κ2) is 10.4. The zero-order valence-electron chi connectivity index (χ0n) is 18.0. The Balaban J connectivity index is 1.78. The lowest BCUT2D eigenvalue weighted by Gasteiger charge is -2.26. The van der Waals surface area contributed by atoms with Gasteiger partial charge in [-0.3, -0.25) is 4.79 Å². The zero-order valence-corrected chi connectivity index (χ0v) is 18.9. The van der Waals surface area contributed by atoms with Gasteiger partial charge in [-0.15, -0.1) is 0 Å². The molecule has 3 rings (SSSR count). The summed E-state index contributed by atoms with van der Waals surface area (Å²) >= 11 is 0. The molecule has 0 bridgehead atoms. The van der Waals surface area contributed by atoms with Crippen LogP contribution in [0.15, 0.2) is 53.4 Å². The molecule has 0 radical (unpaired) electrons. The molecule has 170 valence electrons. The first-order chi connectivity index (χ1) is 15.3. The molecular formula is C23H26N2O6S. The maximum Gasteiger partial charge on any atom is 0.337 e. The molecule has 32 heavy (non-hydrogen) atoms. The van der Waals surface area contributed by atoms with Gasteiger partial charge in [0.05, 0.1) is 19.8 Å². The molecule has 0 unspecified atom stereocenters. The number of sulfonamides is 1. The second-order valence-corrected chi connectivity index (χ2v) is 9.18. The van der Waals surface area contributed by atoms with Gasteiger partial charge in [0, 0.05) is 24.9 Å². The van der Waals surface area contributed by atoms with Gasteiger partial charge in [-0.25, -0.2) is 13.2 Å². The Kier molecular flexibility index (Phi) is 7.66. The first-order valence-electron chi connectivity index (χ1n) is 10.2. The number of nitrogens with one attached hydrogen (secondary N) is 1. The lowest BCUT2D eigenvalue weighted by Crippen LogP contribution is -2.35. The van der Waals surface area contributed by atoms with Crippen LogP contribution in [0.25, 0.3) is 6.08 Å². The summed E-state index contributed by atoms with van der Waals surface area (Å²) < 4.78 is 37.7. The molecule has 1 amide bonds. The number of ether oxygens (including phenoxy) is 2. The van der Waals surface area contributed by atoms with Crippen LogP contribution in [0.2, 0.25) is 0 Å². The summed E-state index contributed by atoms with van der Waals surface area (Å²) in [5, 5.41) is 2.67. The Morgan fingerprint density at radius 1 is 1.03 bits per heavy atom. The molecule has 0 saturated carbocycles. The molecule has 1 fully saturated rings. The van der Waals surface area contributed by atoms with Crippen molar-refractivity contribution >= 4 is 33.7 Å². The molecular weight excluding hydrogens is 432 g/mol. The Bertz CT molecular complexity index is 1120. The van der Waals surface area contributed by atoms with Crippen molar-refractivity contribution in [3.8, 4) is 5.75 Å². The van der Waals surface area contributed by atoms with Crippen LogP contribution in [-0.4, -0.2) is 51.9 Å². The summed E-state index contributed by atoms with van der Waals surface area (Å²) in [4.78, 5) is 24.0. The molecule has 1 N–H and O–H groups in total. The molecule has 0 atom stereocenters. The van der Waals surface area contributed by atoms with Crippen molar-refractivity contribution in [2.75, 3.05) is 32.6 Å². The van der Waals surface area contributed by atoms with Crippen molar-refractivity contribution in [3.05, 3.63) is 59.7 Å². The number of carbonyl (C=O) groups is 2. The minimum atomic E-state index is -3.70. The molecule has 8 nitrogen and oxygen atoms in total. The van der Waals surface area contributed by atoms with E-state index in [1.54, 1.807) is 30.3 Å². The van der Waals surface area contributed by atoms with Crippen molar-refractivity contribution in [1.82, 2.24) is 4.31 Å². The predicted molar refractivity (Wildman–Crippen MR) is 121 cm³/mol. The van der Waals surface area contributed by atoms with Crippen LogP contribution in [0.3, 0.4) is 0 Å². The van der Waals surface area contributed by atoms with E-state index in [1.807, 2.05) is 0 Å². The number of amides is 1. The summed E-state index contributed by atoms with van der Waals surface area (Å²) in [5.74, 6) is -0.669. The fraction of sp³-hybridized carbons (Fsp3) is 0.304. The molecule has 1 saturated heterocycles. The minimum Gasteiger partial charge on any atom is -0.495 e. The van der Waals surface area contributed by atoms with Crippen LogP contribution in [0.5, 0.6) is 5.75 Å². The average Bonchev–Trinajstić information content (AvgIpc) is 2.82.